The van der Waals surface area contributed by atoms with Gasteiger partial charge in [0.25, 0.3) is 11.8 Å². The van der Waals surface area contributed by atoms with Crippen LogP contribution >= 0.6 is 0 Å². The number of benzene rings is 1. The van der Waals surface area contributed by atoms with Crippen LogP contribution in [0.3, 0.4) is 0 Å². The van der Waals surface area contributed by atoms with Crippen molar-refractivity contribution >= 4 is 0 Å². The molecule has 0 fully saturated rings. The van der Waals surface area contributed by atoms with E-state index in [9.17, 15) is 13.2 Å². The zero-order valence-electron chi connectivity index (χ0n) is 29.5. The van der Waals surface area contributed by atoms with Crippen LogP contribution in [0.4, 0.5) is 13.2 Å². The highest BCUT2D eigenvalue weighted by Gasteiger charge is 2.38. The van der Waals surface area contributed by atoms with Crippen LogP contribution in [0.25, 0.3) is 45.9 Å². The summed E-state index contributed by atoms with van der Waals surface area (Å²) in [7, 11) is 0. The Balaban J connectivity index is 1.32. The molecule has 4 heterocycles. The molecule has 266 valence electrons. The Kier molecular flexibility index (Phi) is 8.51. The van der Waals surface area contributed by atoms with E-state index >= 15 is 0 Å². The highest BCUT2D eigenvalue weighted by Crippen LogP contribution is 2.43. The molecular weight excluding hydrogens is 647 g/mol. The smallest absolute Gasteiger partial charge is 0.332 e. The lowest BCUT2D eigenvalue weighted by Crippen LogP contribution is -2.24. The minimum atomic E-state index is -4.71. The lowest BCUT2D eigenvalue weighted by molar-refractivity contribution is -0.137. The highest BCUT2D eigenvalue weighted by molar-refractivity contribution is 5.74. The lowest BCUT2D eigenvalue weighted by Gasteiger charge is -2.30. The van der Waals surface area contributed by atoms with E-state index in [0.717, 1.165) is 67.1 Å². The summed E-state index contributed by atoms with van der Waals surface area (Å²) in [6.07, 6.45) is 1.27. The van der Waals surface area contributed by atoms with E-state index in [0.29, 0.717) is 48.6 Å². The molecule has 0 aliphatic heterocycles. The molecule has 0 unspecified atom stereocenters. The molecule has 0 radical (unpaired) electrons. The summed E-state index contributed by atoms with van der Waals surface area (Å²) in [5, 5.41) is 17.9. The van der Waals surface area contributed by atoms with Gasteiger partial charge in [-0.2, -0.15) is 33.3 Å². The number of hydrogen-bond acceptors (Lipinski definition) is 9. The van der Waals surface area contributed by atoms with Crippen molar-refractivity contribution in [3.63, 3.8) is 0 Å². The van der Waals surface area contributed by atoms with E-state index in [-0.39, 0.29) is 46.2 Å². The lowest BCUT2D eigenvalue weighted by atomic mass is 9.76. The molecule has 0 atom stereocenters. The molecule has 14 heteroatoms. The van der Waals surface area contributed by atoms with Crippen LogP contribution in [-0.4, -0.2) is 46.4 Å². The average molecular weight is 692 g/mol. The molecular formula is C36H44F3N9O2. The molecule has 0 saturated carbocycles. The molecule has 0 amide bonds. The largest absolute Gasteiger partial charge is 0.417 e. The number of aromatic nitrogens is 8. The van der Waals surface area contributed by atoms with E-state index < -0.39 is 11.7 Å². The molecule has 0 spiro atoms. The topological polar surface area (TPSA) is 140 Å². The van der Waals surface area contributed by atoms with Crippen LogP contribution in [0.5, 0.6) is 0 Å². The molecule has 7 rings (SSSR count). The summed E-state index contributed by atoms with van der Waals surface area (Å²) in [5.41, 5.74) is 11.2. The fourth-order valence-corrected chi connectivity index (χ4v) is 7.50. The van der Waals surface area contributed by atoms with Crippen molar-refractivity contribution < 1.29 is 22.2 Å². The van der Waals surface area contributed by atoms with Crippen LogP contribution in [0.2, 0.25) is 0 Å². The number of alkyl halides is 3. The summed E-state index contributed by atoms with van der Waals surface area (Å²) >= 11 is 0. The van der Waals surface area contributed by atoms with Gasteiger partial charge in [0.1, 0.15) is 0 Å². The number of hydrogen-bond donors (Lipinski definition) is 1. The van der Waals surface area contributed by atoms with Gasteiger partial charge in [0.2, 0.25) is 11.6 Å². The number of aryl methyl sites for hydroxylation is 3. The fourth-order valence-electron chi connectivity index (χ4n) is 7.50. The van der Waals surface area contributed by atoms with E-state index in [1.807, 2.05) is 23.2 Å². The van der Waals surface area contributed by atoms with Gasteiger partial charge in [0.15, 0.2) is 11.4 Å². The van der Waals surface area contributed by atoms with Crippen LogP contribution in [0, 0.1) is 10.8 Å². The van der Waals surface area contributed by atoms with Crippen LogP contribution in [0.15, 0.2) is 21.2 Å². The first-order chi connectivity index (χ1) is 23.7. The Hall–Kier alpha value is -4.33. The van der Waals surface area contributed by atoms with Crippen molar-refractivity contribution in [2.24, 2.45) is 16.6 Å². The summed E-state index contributed by atoms with van der Waals surface area (Å²) in [6.45, 7) is 14.6. The Bertz CT molecular complexity index is 2050. The summed E-state index contributed by atoms with van der Waals surface area (Å²) in [5.74, 6) is 0.277. The normalized spacial score (nSPS) is 16.8. The van der Waals surface area contributed by atoms with Gasteiger partial charge in [-0.15, -0.1) is 0 Å². The van der Waals surface area contributed by atoms with E-state index in [4.69, 9.17) is 30.0 Å². The number of halogens is 3. The predicted octanol–water partition coefficient (Wildman–Crippen LogP) is 7.49. The van der Waals surface area contributed by atoms with Crippen LogP contribution < -0.4 is 5.73 Å². The van der Waals surface area contributed by atoms with E-state index in [1.54, 1.807) is 0 Å². The second kappa shape index (κ2) is 12.5. The van der Waals surface area contributed by atoms with Crippen molar-refractivity contribution in [3.8, 4) is 45.9 Å². The van der Waals surface area contributed by atoms with Crippen LogP contribution in [0.1, 0.15) is 94.4 Å². The van der Waals surface area contributed by atoms with Gasteiger partial charge in [-0.3, -0.25) is 9.36 Å². The van der Waals surface area contributed by atoms with Gasteiger partial charge in [-0.1, -0.05) is 38.0 Å². The molecule has 1 aromatic carbocycles. The number of fused-ring (bicyclic) bond motifs is 2. The Morgan fingerprint density at radius 2 is 1.28 bits per heavy atom. The predicted molar refractivity (Wildman–Crippen MR) is 181 cm³/mol. The maximum absolute atomic E-state index is 14.7. The molecule has 5 aromatic rings. The number of nitrogens with zero attached hydrogens (tertiary/aromatic N) is 8. The van der Waals surface area contributed by atoms with E-state index in [1.165, 1.54) is 6.07 Å². The van der Waals surface area contributed by atoms with Gasteiger partial charge in [-0.05, 0) is 100 Å². The van der Waals surface area contributed by atoms with Gasteiger partial charge in [0.05, 0.1) is 5.56 Å². The quantitative estimate of drug-likeness (QED) is 0.166. The second-order valence-electron chi connectivity index (χ2n) is 15.2. The van der Waals surface area contributed by atoms with Crippen molar-refractivity contribution in [2.75, 3.05) is 6.54 Å². The van der Waals surface area contributed by atoms with Gasteiger partial charge in [-0.25, -0.2) is 0 Å². The average Bonchev–Trinajstić information content (AvgIpc) is 3.86. The van der Waals surface area contributed by atoms with Gasteiger partial charge < -0.3 is 14.8 Å². The Labute approximate surface area is 288 Å². The molecule has 11 nitrogen and oxygen atoms in total. The third-order valence-electron chi connectivity index (χ3n) is 10.3. The number of rotatable bonds is 9. The summed E-state index contributed by atoms with van der Waals surface area (Å²) in [4.78, 5) is 9.24. The summed E-state index contributed by atoms with van der Waals surface area (Å²) in [6, 6.07) is 2.51. The fraction of sp³-hybridized carbons (Fsp3) is 0.556. The number of nitrogens with two attached hydrogens (primary N) is 1. The highest BCUT2D eigenvalue weighted by atomic mass is 19.4. The van der Waals surface area contributed by atoms with Gasteiger partial charge in [0, 0.05) is 46.7 Å². The maximum atomic E-state index is 14.7. The van der Waals surface area contributed by atoms with Gasteiger partial charge >= 0.3 is 6.18 Å². The Morgan fingerprint density at radius 1 is 0.780 bits per heavy atom. The van der Waals surface area contributed by atoms with E-state index in [2.05, 4.69) is 43.0 Å². The first kappa shape index (κ1) is 34.1. The maximum Gasteiger partial charge on any atom is 0.417 e. The minimum absolute atomic E-state index is 0.0892. The Morgan fingerprint density at radius 3 is 1.74 bits per heavy atom. The minimum Gasteiger partial charge on any atom is -0.332 e. The monoisotopic (exact) mass is 691 g/mol. The standard InChI is InChI=1S/C36H44F3N9O2/c1-7-47-26-18-34(3,4)13-11-21(26)28(43-47)32-41-30(45-49-32)23-17-24(25(36(37,38)39)16-20(23)10-9-15-40)31-42-33(50-46-31)29-22-12-14-35(5,6)19-27(22)48(8-2)44-29/h16-17H,7-15,18-19,40H2,1-6H3. The van der Waals surface area contributed by atoms with Crippen LogP contribution in [-0.2, 0) is 51.4 Å². The second-order valence-corrected chi connectivity index (χ2v) is 15.2. The molecule has 2 N–H and O–H groups in total. The molecule has 2 aliphatic carbocycles. The summed E-state index contributed by atoms with van der Waals surface area (Å²) < 4.78 is 59.5. The van der Waals surface area contributed by atoms with Crippen molar-refractivity contribution in [3.05, 3.63) is 45.8 Å². The van der Waals surface area contributed by atoms with Crippen molar-refractivity contribution in [1.29, 1.82) is 0 Å². The molecule has 0 saturated heterocycles. The zero-order valence-corrected chi connectivity index (χ0v) is 29.5. The third kappa shape index (κ3) is 6.15. The SMILES string of the molecule is CCn1nc(-c2nc(-c3cc(-c4noc(-c5nn(CC)c6c5CCC(C)(C)C6)n4)c(C(F)(F)F)cc3CCCN)no2)c2c1CC(C)(C)CC2. The molecule has 4 aromatic heterocycles. The van der Waals surface area contributed by atoms with Crippen molar-refractivity contribution in [1.82, 2.24) is 39.8 Å². The zero-order chi connectivity index (χ0) is 35.6. The molecule has 0 bridgehead atoms. The van der Waals surface area contributed by atoms with Crippen molar-refractivity contribution in [2.45, 2.75) is 112 Å². The first-order valence-corrected chi connectivity index (χ1v) is 17.5. The first-order valence-electron chi connectivity index (χ1n) is 17.5. The molecule has 2 aliphatic rings. The molecule has 50 heavy (non-hydrogen) atoms. The third-order valence-corrected chi connectivity index (χ3v) is 10.3.